The van der Waals surface area contributed by atoms with Crippen molar-refractivity contribution in [3.05, 3.63) is 29.3 Å². The molecule has 0 unspecified atom stereocenters. The molecule has 1 fully saturated rings. The first-order valence-electron chi connectivity index (χ1n) is 6.75. The van der Waals surface area contributed by atoms with Gasteiger partial charge in [0.15, 0.2) is 0 Å². The third-order valence-corrected chi connectivity index (χ3v) is 3.92. The smallest absolute Gasteiger partial charge is 0.253 e. The molecule has 2 aliphatic rings. The summed E-state index contributed by atoms with van der Waals surface area (Å²) < 4.78 is 12.3. The normalized spacial score (nSPS) is 18.9. The van der Waals surface area contributed by atoms with Crippen LogP contribution in [0.4, 0.5) is 10.2 Å². The molecule has 3 rings (SSSR count). The average Bonchev–Trinajstić information content (AvgIpc) is 2.85. The predicted molar refractivity (Wildman–Crippen MR) is 71.9 cm³/mol. The van der Waals surface area contributed by atoms with E-state index in [0.717, 1.165) is 11.3 Å². The van der Waals surface area contributed by atoms with Gasteiger partial charge in [-0.1, -0.05) is 6.07 Å². The van der Waals surface area contributed by atoms with E-state index in [2.05, 4.69) is 5.32 Å². The molecule has 0 aliphatic carbocycles. The second kappa shape index (κ2) is 5.20. The van der Waals surface area contributed by atoms with E-state index in [-0.39, 0.29) is 17.9 Å². The monoisotopic (exact) mass is 277 g/mol. The van der Waals surface area contributed by atoms with Crippen LogP contribution in [-0.2, 0) is 11.2 Å². The Labute approximate surface area is 116 Å². The Morgan fingerprint density at radius 1 is 1.35 bits per heavy atom. The number of nitrogens with one attached hydrogen (secondary N) is 2. The van der Waals surface area contributed by atoms with E-state index in [0.29, 0.717) is 37.9 Å². The van der Waals surface area contributed by atoms with Gasteiger partial charge in [0.1, 0.15) is 0 Å². The first-order chi connectivity index (χ1) is 9.67. The minimum absolute atomic E-state index is 0.0422. The molecule has 2 heterocycles. The van der Waals surface area contributed by atoms with Crippen molar-refractivity contribution in [2.75, 3.05) is 18.4 Å². The van der Waals surface area contributed by atoms with Crippen molar-refractivity contribution in [1.29, 1.82) is 0 Å². The molecule has 1 saturated heterocycles. The summed E-state index contributed by atoms with van der Waals surface area (Å²) in [5, 5.41) is 2.74. The molecule has 2 N–H and O–H groups in total. The second-order valence-electron chi connectivity index (χ2n) is 5.27. The van der Waals surface area contributed by atoms with Gasteiger partial charge in [0.2, 0.25) is 5.91 Å². The molecule has 106 valence electrons. The van der Waals surface area contributed by atoms with Crippen LogP contribution in [-0.4, -0.2) is 35.8 Å². The molecule has 1 aromatic rings. The second-order valence-corrected chi connectivity index (χ2v) is 5.27. The third kappa shape index (κ3) is 2.38. The Bertz CT molecular complexity index is 553. The van der Waals surface area contributed by atoms with Gasteiger partial charge in [0, 0.05) is 30.4 Å². The summed E-state index contributed by atoms with van der Waals surface area (Å²) in [6.45, 7) is 1.09. The fraction of sp³-hybridized carbons (Fsp3) is 0.429. The Balaban J connectivity index is 1.72. The number of fused-ring (bicyclic) bond motifs is 1. The van der Waals surface area contributed by atoms with E-state index in [4.69, 9.17) is 0 Å². The quantitative estimate of drug-likeness (QED) is 0.800. The first kappa shape index (κ1) is 13.1. The van der Waals surface area contributed by atoms with Gasteiger partial charge in [-0.05, 0) is 30.5 Å². The van der Waals surface area contributed by atoms with Gasteiger partial charge in [-0.25, -0.2) is 0 Å². The lowest BCUT2D eigenvalue weighted by Gasteiger charge is -2.30. The van der Waals surface area contributed by atoms with E-state index >= 15 is 0 Å². The van der Waals surface area contributed by atoms with Gasteiger partial charge >= 0.3 is 0 Å². The van der Waals surface area contributed by atoms with Crippen LogP contribution in [0.2, 0.25) is 0 Å². The van der Waals surface area contributed by atoms with Gasteiger partial charge in [-0.2, -0.15) is 5.54 Å². The molecule has 20 heavy (non-hydrogen) atoms. The maximum Gasteiger partial charge on any atom is 0.253 e. The number of benzene rings is 1. The van der Waals surface area contributed by atoms with Crippen molar-refractivity contribution in [2.45, 2.75) is 25.3 Å². The molecule has 0 aromatic heterocycles. The largest absolute Gasteiger partial charge is 0.339 e. The standard InChI is InChI=1S/C14H16FN3O2/c15-17-11-3-5-18(6-4-11)14(20)10-2-1-9-8-13(19)16-12(9)7-10/h1-2,7,11,17H,3-6,8H2,(H,16,19). The summed E-state index contributed by atoms with van der Waals surface area (Å²) >= 11 is 0. The summed E-state index contributed by atoms with van der Waals surface area (Å²) in [5.74, 6) is -0.106. The van der Waals surface area contributed by atoms with Crippen molar-refractivity contribution in [3.8, 4) is 0 Å². The molecule has 5 nitrogen and oxygen atoms in total. The van der Waals surface area contributed by atoms with Crippen molar-refractivity contribution in [2.24, 2.45) is 0 Å². The predicted octanol–water partition coefficient (Wildman–Crippen LogP) is 1.26. The minimum atomic E-state index is -0.154. The maximum atomic E-state index is 12.4. The molecule has 1 aromatic carbocycles. The molecular weight excluding hydrogens is 261 g/mol. The number of carbonyl (C=O) groups excluding carboxylic acids is 2. The molecule has 6 heteroatoms. The van der Waals surface area contributed by atoms with Gasteiger partial charge < -0.3 is 10.2 Å². The number of halogens is 1. The van der Waals surface area contributed by atoms with E-state index < -0.39 is 0 Å². The Kier molecular flexibility index (Phi) is 3.40. The van der Waals surface area contributed by atoms with E-state index in [1.807, 2.05) is 6.07 Å². The van der Waals surface area contributed by atoms with Crippen LogP contribution in [0.25, 0.3) is 0 Å². The van der Waals surface area contributed by atoms with Crippen LogP contribution in [0.1, 0.15) is 28.8 Å². The SMILES string of the molecule is O=C1Cc2ccc(C(=O)N3CCC(NF)CC3)cc2N1. The topological polar surface area (TPSA) is 61.4 Å². The van der Waals surface area contributed by atoms with Gasteiger partial charge in [0.05, 0.1) is 6.42 Å². The highest BCUT2D eigenvalue weighted by Crippen LogP contribution is 2.25. The highest BCUT2D eigenvalue weighted by Gasteiger charge is 2.25. The summed E-state index contributed by atoms with van der Waals surface area (Å²) in [5.41, 5.74) is 3.97. The number of likely N-dealkylation sites (tertiary alicyclic amines) is 1. The van der Waals surface area contributed by atoms with E-state index in [1.165, 1.54) is 0 Å². The van der Waals surface area contributed by atoms with Crippen LogP contribution in [0.5, 0.6) is 0 Å². The fourth-order valence-electron chi connectivity index (χ4n) is 2.72. The number of nitrogens with zero attached hydrogens (tertiary/aromatic N) is 1. The molecule has 0 saturated carbocycles. The fourth-order valence-corrected chi connectivity index (χ4v) is 2.72. The lowest BCUT2D eigenvalue weighted by atomic mass is 10.0. The zero-order valence-corrected chi connectivity index (χ0v) is 11.0. The third-order valence-electron chi connectivity index (χ3n) is 3.92. The number of hydrogen-bond acceptors (Lipinski definition) is 3. The Morgan fingerprint density at radius 2 is 2.10 bits per heavy atom. The van der Waals surface area contributed by atoms with Crippen LogP contribution >= 0.6 is 0 Å². The zero-order chi connectivity index (χ0) is 14.1. The molecular formula is C14H16FN3O2. The van der Waals surface area contributed by atoms with Crippen LogP contribution in [0.15, 0.2) is 18.2 Å². The summed E-state index contributed by atoms with van der Waals surface area (Å²) in [4.78, 5) is 25.4. The maximum absolute atomic E-state index is 12.4. The van der Waals surface area contributed by atoms with Crippen molar-refractivity contribution in [1.82, 2.24) is 10.4 Å². The van der Waals surface area contributed by atoms with Crippen LogP contribution in [0, 0.1) is 0 Å². The molecule has 0 bridgehead atoms. The number of anilines is 1. The van der Waals surface area contributed by atoms with Crippen LogP contribution in [0.3, 0.4) is 0 Å². The van der Waals surface area contributed by atoms with Gasteiger partial charge in [0.25, 0.3) is 5.91 Å². The zero-order valence-electron chi connectivity index (χ0n) is 11.0. The van der Waals surface area contributed by atoms with E-state index in [9.17, 15) is 14.1 Å². The van der Waals surface area contributed by atoms with Gasteiger partial charge in [-0.15, -0.1) is 4.48 Å². The molecule has 0 radical (unpaired) electrons. The molecule has 0 spiro atoms. The number of amides is 2. The molecule has 2 amide bonds. The summed E-state index contributed by atoms with van der Waals surface area (Å²) in [7, 11) is 0. The summed E-state index contributed by atoms with van der Waals surface area (Å²) in [6, 6.07) is 5.14. The van der Waals surface area contributed by atoms with Gasteiger partial charge in [-0.3, -0.25) is 9.59 Å². The lowest BCUT2D eigenvalue weighted by molar-refractivity contribution is -0.115. The highest BCUT2D eigenvalue weighted by atomic mass is 19.2. The lowest BCUT2D eigenvalue weighted by Crippen LogP contribution is -2.43. The minimum Gasteiger partial charge on any atom is -0.339 e. The van der Waals surface area contributed by atoms with Crippen LogP contribution < -0.4 is 10.9 Å². The summed E-state index contributed by atoms with van der Waals surface area (Å²) in [6.07, 6.45) is 1.60. The highest BCUT2D eigenvalue weighted by molar-refractivity contribution is 6.02. The van der Waals surface area contributed by atoms with Crippen molar-refractivity contribution < 1.29 is 14.1 Å². The number of piperidine rings is 1. The Hall–Kier alpha value is -1.95. The number of carbonyl (C=O) groups is 2. The van der Waals surface area contributed by atoms with E-state index in [1.54, 1.807) is 22.6 Å². The molecule has 2 aliphatic heterocycles. The first-order valence-corrected chi connectivity index (χ1v) is 6.75. The van der Waals surface area contributed by atoms with Crippen molar-refractivity contribution >= 4 is 17.5 Å². The Morgan fingerprint density at radius 3 is 2.80 bits per heavy atom. The number of rotatable bonds is 2. The molecule has 0 atom stereocenters. The number of hydrogen-bond donors (Lipinski definition) is 2. The average molecular weight is 277 g/mol. The van der Waals surface area contributed by atoms with Crippen molar-refractivity contribution in [3.63, 3.8) is 0 Å².